The van der Waals surface area contributed by atoms with Crippen molar-refractivity contribution in [3.05, 3.63) is 47.7 Å². The standard InChI is InChI=1S/C37H43F3N6O3/c1-3-26-29(39)9-6-22-14-24(47)15-27(30(22)26)32-31(40)33-28(17-41-32)34(45-13-11-42-36(4-2,19-45)20-48-25-7-8-25)44-35(43-33)49-21-37-10-5-12-46(37)18-23(38)16-37/h6,9,14-15,17,23,25,42,47H,3-5,7-8,10-13,16,18-21H2,1-2H3/t23-,36-,37+/m1/s1. The van der Waals surface area contributed by atoms with Crippen LogP contribution in [0.5, 0.6) is 11.8 Å². The number of aromatic hydroxyl groups is 1. The molecule has 2 aromatic heterocycles. The summed E-state index contributed by atoms with van der Waals surface area (Å²) in [7, 11) is 0. The maximum atomic E-state index is 17.0. The Bertz CT molecular complexity index is 1910. The number of hydrogen-bond donors (Lipinski definition) is 2. The minimum absolute atomic E-state index is 0.0120. The molecule has 0 bridgehead atoms. The Kier molecular flexibility index (Phi) is 8.31. The highest BCUT2D eigenvalue weighted by atomic mass is 19.1. The lowest BCUT2D eigenvalue weighted by atomic mass is 9.93. The van der Waals surface area contributed by atoms with Crippen LogP contribution in [0.15, 0.2) is 30.5 Å². The molecule has 260 valence electrons. The summed E-state index contributed by atoms with van der Waals surface area (Å²) >= 11 is 0. The van der Waals surface area contributed by atoms with Crippen molar-refractivity contribution in [2.75, 3.05) is 50.8 Å². The van der Waals surface area contributed by atoms with Crippen LogP contribution in [-0.4, -0.2) is 94.2 Å². The molecule has 9 nitrogen and oxygen atoms in total. The van der Waals surface area contributed by atoms with Crippen molar-refractivity contribution in [1.82, 2.24) is 25.2 Å². The van der Waals surface area contributed by atoms with Gasteiger partial charge in [-0.3, -0.25) is 9.88 Å². The summed E-state index contributed by atoms with van der Waals surface area (Å²) in [6.07, 6.45) is 6.46. The zero-order chi connectivity index (χ0) is 33.9. The lowest BCUT2D eigenvalue weighted by molar-refractivity contribution is 0.0521. The third-order valence-electron chi connectivity index (χ3n) is 11.1. The minimum Gasteiger partial charge on any atom is -0.508 e. The normalized spacial score (nSPS) is 25.8. The van der Waals surface area contributed by atoms with Crippen molar-refractivity contribution in [1.29, 1.82) is 0 Å². The summed E-state index contributed by atoms with van der Waals surface area (Å²) in [5, 5.41) is 15.8. The molecule has 49 heavy (non-hydrogen) atoms. The second-order valence-corrected chi connectivity index (χ2v) is 14.3. The Labute approximate surface area is 283 Å². The van der Waals surface area contributed by atoms with E-state index in [-0.39, 0.29) is 40.7 Å². The van der Waals surface area contributed by atoms with Crippen molar-refractivity contribution in [2.45, 2.75) is 82.1 Å². The quantitative estimate of drug-likeness (QED) is 0.207. The molecule has 1 saturated carbocycles. The first-order valence-electron chi connectivity index (χ1n) is 17.7. The van der Waals surface area contributed by atoms with Gasteiger partial charge in [0.15, 0.2) is 5.82 Å². The van der Waals surface area contributed by atoms with Gasteiger partial charge in [-0.1, -0.05) is 19.9 Å². The zero-order valence-corrected chi connectivity index (χ0v) is 28.1. The van der Waals surface area contributed by atoms with Gasteiger partial charge in [-0.05, 0) is 79.6 Å². The number of rotatable bonds is 10. The first kappa shape index (κ1) is 32.5. The average molecular weight is 677 g/mol. The largest absolute Gasteiger partial charge is 0.508 e. The molecule has 3 atom stereocenters. The molecular weight excluding hydrogens is 633 g/mol. The number of benzene rings is 2. The first-order valence-corrected chi connectivity index (χ1v) is 17.7. The number of anilines is 1. The van der Waals surface area contributed by atoms with Crippen molar-refractivity contribution < 1.29 is 27.8 Å². The second kappa shape index (κ2) is 12.5. The van der Waals surface area contributed by atoms with Gasteiger partial charge < -0.3 is 24.8 Å². The maximum Gasteiger partial charge on any atom is 0.319 e. The van der Waals surface area contributed by atoms with E-state index in [1.54, 1.807) is 12.3 Å². The van der Waals surface area contributed by atoms with E-state index >= 15 is 8.78 Å². The number of phenolic OH excluding ortho intramolecular Hbond substituents is 1. The lowest BCUT2D eigenvalue weighted by Gasteiger charge is -2.44. The fourth-order valence-corrected chi connectivity index (χ4v) is 8.28. The van der Waals surface area contributed by atoms with E-state index < -0.39 is 23.3 Å². The number of pyridine rings is 1. The number of alkyl halides is 1. The Hall–Kier alpha value is -3.74. The van der Waals surface area contributed by atoms with E-state index in [2.05, 4.69) is 32.0 Å². The van der Waals surface area contributed by atoms with Crippen LogP contribution in [0.2, 0.25) is 0 Å². The predicted molar refractivity (Wildman–Crippen MR) is 182 cm³/mol. The number of aromatic nitrogens is 3. The van der Waals surface area contributed by atoms with Crippen molar-refractivity contribution in [2.24, 2.45) is 0 Å². The number of phenols is 1. The first-order chi connectivity index (χ1) is 23.7. The van der Waals surface area contributed by atoms with E-state index in [1.807, 2.05) is 6.92 Å². The molecule has 0 amide bonds. The van der Waals surface area contributed by atoms with Crippen LogP contribution < -0.4 is 15.0 Å². The van der Waals surface area contributed by atoms with Gasteiger partial charge in [-0.15, -0.1) is 0 Å². The van der Waals surface area contributed by atoms with E-state index in [0.29, 0.717) is 79.3 Å². The molecule has 2 N–H and O–H groups in total. The molecule has 4 fully saturated rings. The van der Waals surface area contributed by atoms with E-state index in [1.165, 1.54) is 18.2 Å². The van der Waals surface area contributed by atoms with Crippen LogP contribution in [0.25, 0.3) is 32.9 Å². The SMILES string of the molecule is CCc1c(F)ccc2cc(O)cc(-c3ncc4c(N5CCN[C@@](CC)(COC6CC6)C5)nc(OC[C@@]56CCCN5C[C@H](F)C6)nc4c3F)c12. The highest BCUT2D eigenvalue weighted by molar-refractivity contribution is 6.01. The van der Waals surface area contributed by atoms with Gasteiger partial charge >= 0.3 is 6.01 Å². The summed E-state index contributed by atoms with van der Waals surface area (Å²) in [4.78, 5) is 18.4. The summed E-state index contributed by atoms with van der Waals surface area (Å²) in [6.45, 7) is 7.78. The maximum absolute atomic E-state index is 17.0. The van der Waals surface area contributed by atoms with Crippen LogP contribution in [0.3, 0.4) is 0 Å². The third-order valence-corrected chi connectivity index (χ3v) is 11.1. The molecule has 3 aliphatic heterocycles. The molecule has 5 heterocycles. The minimum atomic E-state index is -0.918. The Morgan fingerprint density at radius 3 is 2.76 bits per heavy atom. The van der Waals surface area contributed by atoms with Crippen molar-refractivity contribution >= 4 is 27.5 Å². The molecule has 3 saturated heterocycles. The Balaban J connectivity index is 1.24. The molecular formula is C37H43F3N6O3. The zero-order valence-electron chi connectivity index (χ0n) is 28.1. The molecule has 4 aliphatic rings. The molecule has 4 aromatic rings. The number of aryl methyl sites for hydroxylation is 1. The van der Waals surface area contributed by atoms with Crippen LogP contribution in [0.4, 0.5) is 19.0 Å². The van der Waals surface area contributed by atoms with Crippen LogP contribution in [0.1, 0.15) is 57.9 Å². The number of hydrogen-bond acceptors (Lipinski definition) is 9. The van der Waals surface area contributed by atoms with Crippen LogP contribution in [0, 0.1) is 11.6 Å². The highest BCUT2D eigenvalue weighted by Crippen LogP contribution is 2.42. The summed E-state index contributed by atoms with van der Waals surface area (Å²) in [5.74, 6) is -0.711. The van der Waals surface area contributed by atoms with Crippen molar-refractivity contribution in [3.8, 4) is 23.0 Å². The fraction of sp³-hybridized carbons (Fsp3) is 0.541. The van der Waals surface area contributed by atoms with E-state index in [0.717, 1.165) is 38.6 Å². The Morgan fingerprint density at radius 2 is 1.96 bits per heavy atom. The van der Waals surface area contributed by atoms with Crippen molar-refractivity contribution in [3.63, 3.8) is 0 Å². The molecule has 12 heteroatoms. The average Bonchev–Trinajstić information content (AvgIpc) is 3.78. The molecule has 1 aliphatic carbocycles. The summed E-state index contributed by atoms with van der Waals surface area (Å²) < 4.78 is 59.1. The number of nitrogens with zero attached hydrogens (tertiary/aromatic N) is 5. The molecule has 8 rings (SSSR count). The van der Waals surface area contributed by atoms with Crippen LogP contribution >= 0.6 is 0 Å². The van der Waals surface area contributed by atoms with E-state index in [4.69, 9.17) is 14.5 Å². The topological polar surface area (TPSA) is 95.9 Å². The number of halogens is 3. The van der Waals surface area contributed by atoms with Gasteiger partial charge in [0.25, 0.3) is 0 Å². The molecule has 2 aromatic carbocycles. The van der Waals surface area contributed by atoms with Crippen LogP contribution in [-0.2, 0) is 11.2 Å². The van der Waals surface area contributed by atoms with Gasteiger partial charge in [0.05, 0.1) is 29.2 Å². The number of ether oxygens (including phenoxy) is 2. The van der Waals surface area contributed by atoms with Gasteiger partial charge in [-0.25, -0.2) is 13.2 Å². The van der Waals surface area contributed by atoms with Gasteiger partial charge in [-0.2, -0.15) is 9.97 Å². The summed E-state index contributed by atoms with van der Waals surface area (Å²) in [5.41, 5.74) is -0.112. The smallest absolute Gasteiger partial charge is 0.319 e. The Morgan fingerprint density at radius 1 is 1.10 bits per heavy atom. The molecule has 0 radical (unpaired) electrons. The highest BCUT2D eigenvalue weighted by Gasteiger charge is 2.49. The van der Waals surface area contributed by atoms with Gasteiger partial charge in [0, 0.05) is 44.4 Å². The van der Waals surface area contributed by atoms with Gasteiger partial charge in [0.1, 0.15) is 41.4 Å². The molecule has 0 spiro atoms. The lowest BCUT2D eigenvalue weighted by Crippen LogP contribution is -2.63. The number of fused-ring (bicyclic) bond motifs is 3. The predicted octanol–water partition coefficient (Wildman–Crippen LogP) is 6.08. The number of nitrogens with one attached hydrogen (secondary N) is 1. The second-order valence-electron chi connectivity index (χ2n) is 14.3. The third kappa shape index (κ3) is 5.85. The fourth-order valence-electron chi connectivity index (χ4n) is 8.28. The summed E-state index contributed by atoms with van der Waals surface area (Å²) in [6, 6.07) is 5.91. The molecule has 0 unspecified atom stereocenters. The van der Waals surface area contributed by atoms with E-state index in [9.17, 15) is 9.50 Å². The number of piperazine rings is 1. The monoisotopic (exact) mass is 676 g/mol. The van der Waals surface area contributed by atoms with Gasteiger partial charge in [0.2, 0.25) is 0 Å².